The lowest BCUT2D eigenvalue weighted by Gasteiger charge is -2.31. The van der Waals surface area contributed by atoms with Gasteiger partial charge in [-0.1, -0.05) is 19.4 Å². The lowest BCUT2D eigenvalue weighted by Crippen LogP contribution is -2.43. The molecule has 4 nitrogen and oxygen atoms in total. The fourth-order valence-corrected chi connectivity index (χ4v) is 2.68. The zero-order valence-electron chi connectivity index (χ0n) is 13.0. The molecule has 0 spiro atoms. The number of rotatable bonds is 5. The van der Waals surface area contributed by atoms with Gasteiger partial charge in [-0.2, -0.15) is 0 Å². The molecule has 22 heavy (non-hydrogen) atoms. The standard InChI is InChI=1S/C17H23FN2O2/c1-2-3-9-19-16(21)13-7-10-20(11-8-13)17(22)14-5-4-6-15(18)12-14/h4-6,12-13H,2-3,7-11H2,1H3,(H,19,21). The van der Waals surface area contributed by atoms with Crippen molar-refractivity contribution >= 4 is 11.8 Å². The summed E-state index contributed by atoms with van der Waals surface area (Å²) in [6.07, 6.45) is 3.38. The summed E-state index contributed by atoms with van der Waals surface area (Å²) in [4.78, 5) is 26.0. The molecule has 2 rings (SSSR count). The van der Waals surface area contributed by atoms with E-state index in [-0.39, 0.29) is 17.7 Å². The number of benzene rings is 1. The minimum Gasteiger partial charge on any atom is -0.356 e. The van der Waals surface area contributed by atoms with Gasteiger partial charge in [0.2, 0.25) is 5.91 Å². The van der Waals surface area contributed by atoms with E-state index < -0.39 is 5.82 Å². The van der Waals surface area contributed by atoms with Crippen LogP contribution in [0, 0.1) is 11.7 Å². The van der Waals surface area contributed by atoms with Crippen molar-refractivity contribution in [2.75, 3.05) is 19.6 Å². The quantitative estimate of drug-likeness (QED) is 0.850. The van der Waals surface area contributed by atoms with Crippen molar-refractivity contribution in [3.63, 3.8) is 0 Å². The van der Waals surface area contributed by atoms with Crippen molar-refractivity contribution in [3.05, 3.63) is 35.6 Å². The van der Waals surface area contributed by atoms with Gasteiger partial charge in [0.15, 0.2) is 0 Å². The average Bonchev–Trinajstić information content (AvgIpc) is 2.54. The second kappa shape index (κ2) is 7.92. The average molecular weight is 306 g/mol. The van der Waals surface area contributed by atoms with Gasteiger partial charge in [0.1, 0.15) is 5.82 Å². The summed E-state index contributed by atoms with van der Waals surface area (Å²) in [7, 11) is 0. The summed E-state index contributed by atoms with van der Waals surface area (Å²) in [5.74, 6) is -0.500. The van der Waals surface area contributed by atoms with Gasteiger partial charge in [0, 0.05) is 31.1 Å². The van der Waals surface area contributed by atoms with Crippen LogP contribution < -0.4 is 5.32 Å². The highest BCUT2D eigenvalue weighted by Crippen LogP contribution is 2.19. The highest BCUT2D eigenvalue weighted by atomic mass is 19.1. The third-order valence-corrected chi connectivity index (χ3v) is 4.05. The van der Waals surface area contributed by atoms with Crippen LogP contribution in [0.2, 0.25) is 0 Å². The third-order valence-electron chi connectivity index (χ3n) is 4.05. The molecule has 0 atom stereocenters. The number of hydrogen-bond donors (Lipinski definition) is 1. The van der Waals surface area contributed by atoms with E-state index in [9.17, 15) is 14.0 Å². The van der Waals surface area contributed by atoms with Crippen molar-refractivity contribution < 1.29 is 14.0 Å². The second-order valence-electron chi connectivity index (χ2n) is 5.72. The number of amides is 2. The van der Waals surface area contributed by atoms with Gasteiger partial charge >= 0.3 is 0 Å². The van der Waals surface area contributed by atoms with Gasteiger partial charge in [0.25, 0.3) is 5.91 Å². The topological polar surface area (TPSA) is 49.4 Å². The Bertz CT molecular complexity index is 525. The van der Waals surface area contributed by atoms with Crippen LogP contribution in [0.15, 0.2) is 24.3 Å². The molecule has 0 aliphatic carbocycles. The van der Waals surface area contributed by atoms with Crippen molar-refractivity contribution in [1.82, 2.24) is 10.2 Å². The molecule has 0 radical (unpaired) electrons. The largest absolute Gasteiger partial charge is 0.356 e. The van der Waals surface area contributed by atoms with Crippen molar-refractivity contribution in [2.45, 2.75) is 32.6 Å². The summed E-state index contributed by atoms with van der Waals surface area (Å²) in [6, 6.07) is 5.74. The van der Waals surface area contributed by atoms with Crippen LogP contribution in [-0.2, 0) is 4.79 Å². The highest BCUT2D eigenvalue weighted by Gasteiger charge is 2.27. The van der Waals surface area contributed by atoms with Gasteiger partial charge in [-0.15, -0.1) is 0 Å². The number of likely N-dealkylation sites (tertiary alicyclic amines) is 1. The van der Waals surface area contributed by atoms with Crippen LogP contribution in [0.1, 0.15) is 43.0 Å². The first-order valence-electron chi connectivity index (χ1n) is 7.94. The van der Waals surface area contributed by atoms with Gasteiger partial charge in [-0.25, -0.2) is 4.39 Å². The SMILES string of the molecule is CCCCNC(=O)C1CCN(C(=O)c2cccc(F)c2)CC1. The van der Waals surface area contributed by atoms with Crippen molar-refractivity contribution in [2.24, 2.45) is 5.92 Å². The Hall–Kier alpha value is -1.91. The number of hydrogen-bond acceptors (Lipinski definition) is 2. The van der Waals surface area contributed by atoms with Crippen LogP contribution in [-0.4, -0.2) is 36.3 Å². The minimum absolute atomic E-state index is 0.0200. The molecule has 1 aromatic carbocycles. The Kier molecular flexibility index (Phi) is 5.92. The molecule has 120 valence electrons. The maximum Gasteiger partial charge on any atom is 0.253 e. The van der Waals surface area contributed by atoms with Crippen molar-refractivity contribution in [3.8, 4) is 0 Å². The maximum atomic E-state index is 13.2. The van der Waals surface area contributed by atoms with Crippen LogP contribution >= 0.6 is 0 Å². The lowest BCUT2D eigenvalue weighted by atomic mass is 9.95. The third kappa shape index (κ3) is 4.29. The molecule has 1 heterocycles. The monoisotopic (exact) mass is 306 g/mol. The smallest absolute Gasteiger partial charge is 0.253 e. The number of halogens is 1. The molecule has 0 aromatic heterocycles. The molecule has 0 unspecified atom stereocenters. The Morgan fingerprint density at radius 3 is 2.68 bits per heavy atom. The van der Waals surface area contributed by atoms with Crippen molar-refractivity contribution in [1.29, 1.82) is 0 Å². The lowest BCUT2D eigenvalue weighted by molar-refractivity contribution is -0.126. The molecule has 2 amide bonds. The fraction of sp³-hybridized carbons (Fsp3) is 0.529. The van der Waals surface area contributed by atoms with E-state index in [1.165, 1.54) is 18.2 Å². The van der Waals surface area contributed by atoms with E-state index in [1.54, 1.807) is 11.0 Å². The van der Waals surface area contributed by atoms with Gasteiger partial charge in [0.05, 0.1) is 0 Å². The number of nitrogens with one attached hydrogen (secondary N) is 1. The Balaban J connectivity index is 1.84. The van der Waals surface area contributed by atoms with Crippen LogP contribution in [0.4, 0.5) is 4.39 Å². The maximum absolute atomic E-state index is 13.2. The zero-order valence-corrected chi connectivity index (χ0v) is 13.0. The fourth-order valence-electron chi connectivity index (χ4n) is 2.68. The molecule has 5 heteroatoms. The first-order valence-corrected chi connectivity index (χ1v) is 7.94. The van der Waals surface area contributed by atoms with E-state index in [0.717, 1.165) is 19.4 Å². The molecule has 0 saturated carbocycles. The first kappa shape index (κ1) is 16.5. The first-order chi connectivity index (χ1) is 10.6. The summed E-state index contributed by atoms with van der Waals surface area (Å²) in [5.41, 5.74) is 0.367. The normalized spacial score (nSPS) is 15.6. The van der Waals surface area contributed by atoms with Gasteiger partial charge < -0.3 is 10.2 Å². The van der Waals surface area contributed by atoms with E-state index in [0.29, 0.717) is 31.5 Å². The Labute approximate surface area is 130 Å². The van der Waals surface area contributed by atoms with Crippen LogP contribution in [0.3, 0.4) is 0 Å². The molecule has 1 N–H and O–H groups in total. The zero-order chi connectivity index (χ0) is 15.9. The van der Waals surface area contributed by atoms with E-state index >= 15 is 0 Å². The molecular formula is C17H23FN2O2. The Morgan fingerprint density at radius 1 is 1.32 bits per heavy atom. The predicted octanol–water partition coefficient (Wildman–Crippen LogP) is 2.59. The molecule has 1 aliphatic rings. The van der Waals surface area contributed by atoms with E-state index in [4.69, 9.17) is 0 Å². The minimum atomic E-state index is -0.406. The number of unbranched alkanes of at least 4 members (excludes halogenated alkanes) is 1. The predicted molar refractivity (Wildman–Crippen MR) is 82.9 cm³/mol. The van der Waals surface area contributed by atoms with Gasteiger partial charge in [-0.05, 0) is 37.5 Å². The summed E-state index contributed by atoms with van der Waals surface area (Å²) >= 11 is 0. The number of piperidine rings is 1. The molecule has 1 aromatic rings. The van der Waals surface area contributed by atoms with E-state index in [1.807, 2.05) is 0 Å². The number of carbonyl (C=O) groups excluding carboxylic acids is 2. The Morgan fingerprint density at radius 2 is 2.05 bits per heavy atom. The summed E-state index contributed by atoms with van der Waals surface area (Å²) < 4.78 is 13.2. The molecule has 1 saturated heterocycles. The number of nitrogens with zero attached hydrogens (tertiary/aromatic N) is 1. The van der Waals surface area contributed by atoms with E-state index in [2.05, 4.69) is 12.2 Å². The van der Waals surface area contributed by atoms with Crippen LogP contribution in [0.5, 0.6) is 0 Å². The summed E-state index contributed by atoms with van der Waals surface area (Å²) in [6.45, 7) is 3.89. The highest BCUT2D eigenvalue weighted by molar-refractivity contribution is 5.94. The molecule has 1 aliphatic heterocycles. The molecule has 1 fully saturated rings. The second-order valence-corrected chi connectivity index (χ2v) is 5.72. The summed E-state index contributed by atoms with van der Waals surface area (Å²) in [5, 5.41) is 2.94. The molecule has 0 bridgehead atoms. The number of carbonyl (C=O) groups is 2. The van der Waals surface area contributed by atoms with Gasteiger partial charge in [-0.3, -0.25) is 9.59 Å². The molecular weight excluding hydrogens is 283 g/mol. The van der Waals surface area contributed by atoms with Crippen LogP contribution in [0.25, 0.3) is 0 Å².